The second kappa shape index (κ2) is 46.9. The van der Waals surface area contributed by atoms with E-state index in [0.717, 1.165) is 156 Å². The van der Waals surface area contributed by atoms with Crippen LogP contribution in [-0.4, -0.2) is 59.8 Å². The van der Waals surface area contributed by atoms with Crippen LogP contribution in [0.4, 0.5) is 0 Å². The largest absolute Gasteiger partial charge is 0.483 e. The first-order chi connectivity index (χ1) is 62.7. The van der Waals surface area contributed by atoms with Crippen LogP contribution in [0.5, 0.6) is 0 Å². The zero-order chi connectivity index (χ0) is 86.1. The maximum Gasteiger partial charge on any atom is 0.215 e. The molecule has 131 heavy (non-hydrogen) atoms. The van der Waals surface area contributed by atoms with Gasteiger partial charge in [-0.15, -0.1) is 191 Å². The molecule has 0 aliphatic heterocycles. The van der Waals surface area contributed by atoms with Gasteiger partial charge >= 0.3 is 0 Å². The molecule has 20 heteroatoms. The summed E-state index contributed by atoms with van der Waals surface area (Å²) in [6.07, 6.45) is 20.9. The number of fused-ring (bicyclic) bond motifs is 12. The number of aromatic nitrogens is 12. The normalized spacial score (nSPS) is 10.3. The Balaban J connectivity index is 0.000000128. The van der Waals surface area contributed by atoms with Gasteiger partial charge in [0.2, 0.25) is 5.71 Å². The number of hydrogen-bond donors (Lipinski definition) is 0. The van der Waals surface area contributed by atoms with Gasteiger partial charge in [0.25, 0.3) is 0 Å². The first kappa shape index (κ1) is 94.0. The molecule has 24 aromatic rings. The monoisotopic (exact) mass is 2410 g/mol. The van der Waals surface area contributed by atoms with E-state index in [9.17, 15) is 0 Å². The molecule has 0 fully saturated rings. The van der Waals surface area contributed by atoms with Crippen molar-refractivity contribution in [3.05, 3.63) is 461 Å². The fourth-order valence-electron chi connectivity index (χ4n) is 13.5. The Kier molecular flexibility index (Phi) is 33.6. The fourth-order valence-corrected chi connectivity index (χ4v) is 13.5. The first-order valence-electron chi connectivity index (χ1n) is 40.7. The van der Waals surface area contributed by atoms with Crippen molar-refractivity contribution in [1.82, 2.24) is 59.8 Å². The van der Waals surface area contributed by atoms with Gasteiger partial charge in [0.1, 0.15) is 22.5 Å². The summed E-state index contributed by atoms with van der Waals surface area (Å²) in [5.74, 6) is 0. The molecule has 24 rings (SSSR count). The van der Waals surface area contributed by atoms with E-state index < -0.39 is 0 Å². The van der Waals surface area contributed by atoms with Crippen LogP contribution in [-0.2, 0) is 80.4 Å². The number of para-hydroxylation sites is 2. The molecule has 0 unspecified atom stereocenters. The van der Waals surface area contributed by atoms with E-state index >= 15 is 0 Å². The molecular weight excluding hydrogens is 2330 g/mol. The number of rotatable bonds is 8. The summed E-state index contributed by atoms with van der Waals surface area (Å²) < 4.78 is 23.0. The van der Waals surface area contributed by atoms with Crippen molar-refractivity contribution >= 4 is 88.3 Å². The van der Waals surface area contributed by atoms with E-state index in [2.05, 4.69) is 128 Å². The first-order valence-corrected chi connectivity index (χ1v) is 40.7. The van der Waals surface area contributed by atoms with Crippen LogP contribution in [0.3, 0.4) is 0 Å². The SMILES string of the molecule is Cc1ccnc(-c2[c-]nc3oc4ccccc4c3c2)c1.Cc1cnc(-c2[c-]cccc2)cc1C.[Ir].[Ir].[Ir].[Ir].[c-]1cc2c(cc1-c1ccccn1)oc1cccnc12.[c-]1cc2c(cc1-c1ccccn1)oc1ncccc12.[c-]1cc2c(nc1-c1ccccn1)oc1ccccc12.[c-]1ccccc1-c1ccccn1.[c-]1ccccc1-c1ccccn1.[c-]1ccccc1-c1ccccn1. The predicted molar refractivity (Wildman–Crippen MR) is 503 cm³/mol. The molecule has 0 amide bonds. The fraction of sp³-hybridized carbons (Fsp3) is 0.0270. The van der Waals surface area contributed by atoms with Crippen LogP contribution in [0.1, 0.15) is 16.7 Å². The third-order valence-electron chi connectivity index (χ3n) is 20.0. The van der Waals surface area contributed by atoms with E-state index in [1.165, 1.54) is 16.7 Å². The van der Waals surface area contributed by atoms with Crippen molar-refractivity contribution in [2.45, 2.75) is 20.8 Å². The maximum atomic E-state index is 5.80. The van der Waals surface area contributed by atoms with Gasteiger partial charge in [0.15, 0.2) is 5.71 Å². The predicted octanol–water partition coefficient (Wildman–Crippen LogP) is 26.5. The van der Waals surface area contributed by atoms with Crippen molar-refractivity contribution in [3.8, 4) is 90.2 Å². The summed E-state index contributed by atoms with van der Waals surface area (Å²) in [5, 5.41) is 7.14. The molecule has 646 valence electrons. The Morgan fingerprint density at radius 2 is 0.634 bits per heavy atom. The molecule has 0 bridgehead atoms. The van der Waals surface area contributed by atoms with Gasteiger partial charge in [0.05, 0.1) is 16.7 Å². The van der Waals surface area contributed by atoms with Gasteiger partial charge in [0, 0.05) is 153 Å². The van der Waals surface area contributed by atoms with Crippen LogP contribution in [0.25, 0.3) is 178 Å². The second-order valence-electron chi connectivity index (χ2n) is 28.6. The Hall–Kier alpha value is -14.6. The quantitative estimate of drug-likeness (QED) is 0.130. The molecule has 0 spiro atoms. The molecule has 8 aromatic carbocycles. The molecule has 0 aliphatic carbocycles. The second-order valence-corrected chi connectivity index (χ2v) is 28.6. The number of hydrogen-bond acceptors (Lipinski definition) is 16. The Labute approximate surface area is 811 Å². The van der Waals surface area contributed by atoms with E-state index in [1.807, 2.05) is 341 Å². The van der Waals surface area contributed by atoms with Crippen LogP contribution in [0, 0.1) is 69.4 Å². The minimum absolute atomic E-state index is 0. The number of furan rings is 4. The Morgan fingerprint density at radius 3 is 1.14 bits per heavy atom. The van der Waals surface area contributed by atoms with E-state index in [0.29, 0.717) is 22.8 Å². The van der Waals surface area contributed by atoms with Crippen molar-refractivity contribution < 1.29 is 98.1 Å². The van der Waals surface area contributed by atoms with E-state index in [1.54, 1.807) is 55.8 Å². The van der Waals surface area contributed by atoms with Gasteiger partial charge in [-0.3, -0.25) is 4.98 Å². The van der Waals surface area contributed by atoms with Crippen molar-refractivity contribution in [3.63, 3.8) is 0 Å². The van der Waals surface area contributed by atoms with Gasteiger partial charge in [-0.05, 0) is 173 Å². The number of pyridine rings is 12. The third kappa shape index (κ3) is 24.0. The Morgan fingerprint density at radius 1 is 0.229 bits per heavy atom. The summed E-state index contributed by atoms with van der Waals surface area (Å²) in [7, 11) is 0. The molecule has 16 aromatic heterocycles. The van der Waals surface area contributed by atoms with Crippen LogP contribution >= 0.6 is 0 Å². The molecule has 0 saturated heterocycles. The molecule has 0 N–H and O–H groups in total. The minimum atomic E-state index is 0. The average molecular weight is 2410 g/mol. The number of nitrogens with zero attached hydrogens (tertiary/aromatic N) is 12. The maximum absolute atomic E-state index is 5.80. The zero-order valence-corrected chi connectivity index (χ0v) is 79.9. The van der Waals surface area contributed by atoms with Crippen LogP contribution in [0.15, 0.2) is 413 Å². The molecule has 16 nitrogen and oxygen atoms in total. The standard InChI is InChI=1S/C17H11N2O.3C16H9N2O.C13H12N.3C11H8N.4Ir/c1-11-6-7-18-15(8-11)12-9-14-13-4-2-3-5-16(13)20-17(14)19-10-12;1-2-8-17-14(5-1)11-6-7-12-13-4-3-9-18-16(13)19-15(12)10-11;1-2-7-15-11(5-1)12-8-9-14(18-16(12)19-15)13-6-3-4-10-17-13;1-2-8-17-13(4-1)11-6-7-12-15(10-11)19-14-5-3-9-18-16(12)14;1-10-8-13(14-9-11(10)2)12-6-4-3-5-7-12;3*1-2-6-10(7-3-1)11-8-4-5-9-12-11;;;;/h2-9H,1H3;1-5,7-10H;1-8,10H;1-5,7-10H;3-6,8-9H,1-2H3;3*1-6,8-9H;;;;/q8*-1;;;;. The topological polar surface area (TPSA) is 207 Å². The van der Waals surface area contributed by atoms with Crippen molar-refractivity contribution in [2.75, 3.05) is 0 Å². The third-order valence-corrected chi connectivity index (χ3v) is 20.0. The van der Waals surface area contributed by atoms with Crippen molar-refractivity contribution in [2.24, 2.45) is 0 Å². The molecule has 0 aliphatic rings. The summed E-state index contributed by atoms with van der Waals surface area (Å²) in [4.78, 5) is 51.7. The van der Waals surface area contributed by atoms with Crippen LogP contribution in [0.2, 0.25) is 0 Å². The van der Waals surface area contributed by atoms with Gasteiger partial charge in [-0.1, -0.05) is 161 Å². The smallest absolute Gasteiger partial charge is 0.215 e. The summed E-state index contributed by atoms with van der Waals surface area (Å²) in [6, 6.07) is 130. The Bertz CT molecular complexity index is 7030. The number of benzene rings is 8. The average Bonchev–Trinajstić information content (AvgIpc) is 1.65. The summed E-state index contributed by atoms with van der Waals surface area (Å²) >= 11 is 0. The number of aryl methyl sites for hydroxylation is 3. The summed E-state index contributed by atoms with van der Waals surface area (Å²) in [5.41, 5.74) is 25.5. The van der Waals surface area contributed by atoms with Gasteiger partial charge in [-0.2, -0.15) is 12.1 Å². The molecule has 0 atom stereocenters. The van der Waals surface area contributed by atoms with Gasteiger partial charge < -0.3 is 62.5 Å². The minimum Gasteiger partial charge on any atom is -0.483 e. The zero-order valence-electron chi connectivity index (χ0n) is 70.4. The van der Waals surface area contributed by atoms with E-state index in [4.69, 9.17) is 17.7 Å². The molecule has 4 radical (unpaired) electrons. The van der Waals surface area contributed by atoms with E-state index in [-0.39, 0.29) is 80.4 Å². The molecular formula is C111H74Ir4N12O4-8. The molecule has 16 heterocycles. The summed E-state index contributed by atoms with van der Waals surface area (Å²) in [6.45, 7) is 6.22. The van der Waals surface area contributed by atoms with Gasteiger partial charge in [-0.25, -0.2) is 9.97 Å². The van der Waals surface area contributed by atoms with Crippen molar-refractivity contribution in [1.29, 1.82) is 0 Å². The van der Waals surface area contributed by atoms with Crippen LogP contribution < -0.4 is 0 Å². The molecule has 0 saturated carbocycles.